The molecule has 102 valence electrons. The quantitative estimate of drug-likeness (QED) is 0.778. The van der Waals surface area contributed by atoms with Crippen LogP contribution in [0, 0.1) is 5.92 Å². The highest BCUT2D eigenvalue weighted by Gasteiger charge is 2.28. The van der Waals surface area contributed by atoms with Gasteiger partial charge in [-0.3, -0.25) is 4.79 Å². The van der Waals surface area contributed by atoms with E-state index in [0.717, 1.165) is 12.8 Å². The Morgan fingerprint density at radius 2 is 2.22 bits per heavy atom. The lowest BCUT2D eigenvalue weighted by molar-refractivity contribution is -0.121. The molecule has 0 spiro atoms. The fourth-order valence-electron chi connectivity index (χ4n) is 2.05. The van der Waals surface area contributed by atoms with Crippen LogP contribution in [0.2, 0.25) is 0 Å². The van der Waals surface area contributed by atoms with Crippen LogP contribution < -0.4 is 5.32 Å². The monoisotopic (exact) mass is 255 g/mol. The van der Waals surface area contributed by atoms with E-state index in [1.54, 1.807) is 20.8 Å². The summed E-state index contributed by atoms with van der Waals surface area (Å²) >= 11 is 0. The Kier molecular flexibility index (Phi) is 4.87. The lowest BCUT2D eigenvalue weighted by Crippen LogP contribution is -2.41. The Morgan fingerprint density at radius 1 is 1.56 bits per heavy atom. The number of carbonyl (C=O) groups is 3. The number of hydrogen-bond acceptors (Lipinski definition) is 4. The molecule has 0 aromatic carbocycles. The summed E-state index contributed by atoms with van der Waals surface area (Å²) < 4.78 is 5.07. The zero-order valence-electron chi connectivity index (χ0n) is 11.2. The van der Waals surface area contributed by atoms with Crippen LogP contribution in [0.3, 0.4) is 0 Å². The third kappa shape index (κ3) is 4.85. The smallest absolute Gasteiger partial charge is 0.408 e. The average Bonchev–Trinajstić information content (AvgIpc) is 2.60. The Balaban J connectivity index is 2.44. The maximum atomic E-state index is 11.5. The predicted molar refractivity (Wildman–Crippen MR) is 66.2 cm³/mol. The number of hydrogen-bond donors (Lipinski definition) is 1. The van der Waals surface area contributed by atoms with Gasteiger partial charge in [0.05, 0.1) is 6.04 Å². The van der Waals surface area contributed by atoms with Crippen LogP contribution in [0.5, 0.6) is 0 Å². The first kappa shape index (κ1) is 14.7. The van der Waals surface area contributed by atoms with Gasteiger partial charge in [0.2, 0.25) is 0 Å². The largest absolute Gasteiger partial charge is 0.444 e. The van der Waals surface area contributed by atoms with Crippen molar-refractivity contribution >= 4 is 18.2 Å². The van der Waals surface area contributed by atoms with Gasteiger partial charge in [-0.15, -0.1) is 0 Å². The first-order chi connectivity index (χ1) is 8.31. The second-order valence-corrected chi connectivity index (χ2v) is 5.68. The summed E-state index contributed by atoms with van der Waals surface area (Å²) in [4.78, 5) is 33.9. The molecule has 0 aliphatic heterocycles. The number of ether oxygens (including phenoxy) is 1. The van der Waals surface area contributed by atoms with Gasteiger partial charge in [0.25, 0.3) is 0 Å². The lowest BCUT2D eigenvalue weighted by atomic mass is 9.98. The van der Waals surface area contributed by atoms with Gasteiger partial charge < -0.3 is 14.8 Å². The summed E-state index contributed by atoms with van der Waals surface area (Å²) in [6, 6.07) is -0.646. The van der Waals surface area contributed by atoms with Crippen LogP contribution in [0.1, 0.15) is 46.5 Å². The molecule has 0 saturated heterocycles. The number of aldehydes is 1. The van der Waals surface area contributed by atoms with Crippen LogP contribution in [0.25, 0.3) is 0 Å². The summed E-state index contributed by atoms with van der Waals surface area (Å²) in [5.74, 6) is 0.0861. The van der Waals surface area contributed by atoms with Gasteiger partial charge in [-0.25, -0.2) is 4.79 Å². The standard InChI is InChI=1S/C13H21NO4/c1-13(2,3)18-12(17)14-10(8-15)7-9-5-4-6-11(9)16/h8-10H,4-7H2,1-3H3,(H,14,17)/t9-,10-/m0/s1. The number of rotatable bonds is 4. The van der Waals surface area contributed by atoms with E-state index < -0.39 is 17.7 Å². The zero-order chi connectivity index (χ0) is 13.8. The molecule has 1 aliphatic carbocycles. The molecule has 18 heavy (non-hydrogen) atoms. The van der Waals surface area contributed by atoms with E-state index in [1.807, 2.05) is 0 Å². The normalized spacial score (nSPS) is 21.5. The van der Waals surface area contributed by atoms with E-state index >= 15 is 0 Å². The third-order valence-electron chi connectivity index (χ3n) is 2.84. The number of nitrogens with one attached hydrogen (secondary N) is 1. The van der Waals surface area contributed by atoms with Crippen LogP contribution in [0.15, 0.2) is 0 Å². The molecule has 0 bridgehead atoms. The van der Waals surface area contributed by atoms with Gasteiger partial charge in [0.15, 0.2) is 0 Å². The number of carbonyl (C=O) groups excluding carboxylic acids is 3. The number of ketones is 1. The summed E-state index contributed by atoms with van der Waals surface area (Å²) in [5, 5.41) is 2.49. The summed E-state index contributed by atoms with van der Waals surface area (Å²) in [5.41, 5.74) is -0.597. The van der Waals surface area contributed by atoms with Gasteiger partial charge in [-0.05, 0) is 40.0 Å². The van der Waals surface area contributed by atoms with Crippen LogP contribution in [0.4, 0.5) is 4.79 Å². The Labute approximate surface area is 107 Å². The molecule has 1 saturated carbocycles. The molecule has 2 atom stereocenters. The molecule has 0 radical (unpaired) electrons. The molecular formula is C13H21NO4. The molecule has 1 amide bonds. The van der Waals surface area contributed by atoms with E-state index in [0.29, 0.717) is 19.1 Å². The molecule has 0 aromatic rings. The highest BCUT2D eigenvalue weighted by molar-refractivity contribution is 5.83. The SMILES string of the molecule is CC(C)(C)OC(=O)N[C@H](C=O)C[C@@H]1CCCC1=O. The second-order valence-electron chi connectivity index (χ2n) is 5.68. The summed E-state index contributed by atoms with van der Waals surface area (Å²) in [6.07, 6.45) is 2.69. The second kappa shape index (κ2) is 5.98. The van der Waals surface area contributed by atoms with Crippen LogP contribution in [-0.4, -0.2) is 29.8 Å². The molecular weight excluding hydrogens is 234 g/mol. The third-order valence-corrected chi connectivity index (χ3v) is 2.84. The summed E-state index contributed by atoms with van der Waals surface area (Å²) in [7, 11) is 0. The van der Waals surface area contributed by atoms with E-state index in [2.05, 4.69) is 5.32 Å². The first-order valence-electron chi connectivity index (χ1n) is 6.29. The molecule has 1 aliphatic rings. The van der Waals surface area contributed by atoms with Crippen LogP contribution >= 0.6 is 0 Å². The predicted octanol–water partition coefficient (Wildman–Crippen LogP) is 1.84. The topological polar surface area (TPSA) is 72.5 Å². The molecule has 5 nitrogen and oxygen atoms in total. The Morgan fingerprint density at radius 3 is 2.67 bits per heavy atom. The zero-order valence-corrected chi connectivity index (χ0v) is 11.2. The molecule has 0 heterocycles. The summed E-state index contributed by atoms with van der Waals surface area (Å²) in [6.45, 7) is 5.26. The Bertz CT molecular complexity index is 332. The van der Waals surface area contributed by atoms with Crippen LogP contribution in [-0.2, 0) is 14.3 Å². The minimum absolute atomic E-state index is 0.102. The van der Waals surface area contributed by atoms with E-state index in [-0.39, 0.29) is 11.7 Å². The number of Topliss-reactive ketones (excluding diaryl/α,β-unsaturated/α-hetero) is 1. The van der Waals surface area contributed by atoms with Crippen molar-refractivity contribution in [2.45, 2.75) is 58.1 Å². The van der Waals surface area contributed by atoms with E-state index in [1.165, 1.54) is 0 Å². The van der Waals surface area contributed by atoms with Gasteiger partial charge in [0.1, 0.15) is 17.7 Å². The van der Waals surface area contributed by atoms with Gasteiger partial charge in [-0.1, -0.05) is 0 Å². The highest BCUT2D eigenvalue weighted by Crippen LogP contribution is 2.25. The minimum atomic E-state index is -0.646. The lowest BCUT2D eigenvalue weighted by Gasteiger charge is -2.22. The van der Waals surface area contributed by atoms with Crippen molar-refractivity contribution in [1.29, 1.82) is 0 Å². The maximum absolute atomic E-state index is 11.5. The molecule has 1 N–H and O–H groups in total. The Hall–Kier alpha value is -1.39. The van der Waals surface area contributed by atoms with Crippen molar-refractivity contribution in [1.82, 2.24) is 5.32 Å². The number of amides is 1. The van der Waals surface area contributed by atoms with Crippen molar-refractivity contribution in [3.05, 3.63) is 0 Å². The van der Waals surface area contributed by atoms with Gasteiger partial charge in [0, 0.05) is 12.3 Å². The molecule has 1 fully saturated rings. The minimum Gasteiger partial charge on any atom is -0.444 e. The van der Waals surface area contributed by atoms with E-state index in [4.69, 9.17) is 4.74 Å². The van der Waals surface area contributed by atoms with Gasteiger partial charge in [-0.2, -0.15) is 0 Å². The van der Waals surface area contributed by atoms with Crippen molar-refractivity contribution in [3.8, 4) is 0 Å². The first-order valence-corrected chi connectivity index (χ1v) is 6.29. The molecule has 0 aromatic heterocycles. The van der Waals surface area contributed by atoms with Crippen molar-refractivity contribution in [2.75, 3.05) is 0 Å². The molecule has 0 unspecified atom stereocenters. The fourth-order valence-corrected chi connectivity index (χ4v) is 2.05. The van der Waals surface area contributed by atoms with E-state index in [9.17, 15) is 14.4 Å². The average molecular weight is 255 g/mol. The number of alkyl carbamates (subject to hydrolysis) is 1. The highest BCUT2D eigenvalue weighted by atomic mass is 16.6. The molecule has 5 heteroatoms. The van der Waals surface area contributed by atoms with Gasteiger partial charge >= 0.3 is 6.09 Å². The van der Waals surface area contributed by atoms with Crippen molar-refractivity contribution in [2.24, 2.45) is 5.92 Å². The van der Waals surface area contributed by atoms with Crippen molar-refractivity contribution in [3.63, 3.8) is 0 Å². The fraction of sp³-hybridized carbons (Fsp3) is 0.769. The molecule has 1 rings (SSSR count). The van der Waals surface area contributed by atoms with Crippen molar-refractivity contribution < 1.29 is 19.1 Å². The maximum Gasteiger partial charge on any atom is 0.408 e.